The van der Waals surface area contributed by atoms with Gasteiger partial charge in [-0.15, -0.1) is 0 Å². The lowest BCUT2D eigenvalue weighted by Crippen LogP contribution is -2.37. The van der Waals surface area contributed by atoms with Crippen molar-refractivity contribution < 1.29 is 8.78 Å². The Morgan fingerprint density at radius 1 is 1.29 bits per heavy atom. The summed E-state index contributed by atoms with van der Waals surface area (Å²) in [5.74, 6) is 0.391. The van der Waals surface area contributed by atoms with Gasteiger partial charge in [0.25, 0.3) is 0 Å². The molecule has 1 aliphatic rings. The smallest absolute Gasteiger partial charge is 0.241 e. The van der Waals surface area contributed by atoms with Gasteiger partial charge in [-0.2, -0.15) is 0 Å². The molecular weight excluding hydrogens is 224 g/mol. The molecule has 0 aliphatic carbocycles. The molecule has 1 aromatic rings. The number of aromatic nitrogens is 2. The van der Waals surface area contributed by atoms with Gasteiger partial charge in [-0.25, -0.2) is 13.8 Å². The molecular formula is C12H17F2N3. The number of hydrogen-bond donors (Lipinski definition) is 0. The highest BCUT2D eigenvalue weighted by Gasteiger charge is 2.27. The van der Waals surface area contributed by atoms with Crippen molar-refractivity contribution in [1.82, 2.24) is 9.97 Å². The highest BCUT2D eigenvalue weighted by molar-refractivity contribution is 5.43. The molecule has 0 aromatic carbocycles. The minimum absolute atomic E-state index is 0.454. The number of anilines is 1. The second-order valence-corrected chi connectivity index (χ2v) is 4.58. The second-order valence-electron chi connectivity index (χ2n) is 4.58. The standard InChI is InChI=1S/C12H17F2N3/c1-8-7-15-9(2)12(16-8)17-5-3-10(4-6-17)11(13)14/h7,10-11H,3-6H2,1-2H3. The molecule has 2 rings (SSSR count). The summed E-state index contributed by atoms with van der Waals surface area (Å²) in [6, 6.07) is 0. The molecule has 2 heterocycles. The van der Waals surface area contributed by atoms with Crippen molar-refractivity contribution in [1.29, 1.82) is 0 Å². The average Bonchev–Trinajstić information content (AvgIpc) is 2.32. The fourth-order valence-corrected chi connectivity index (χ4v) is 2.19. The molecule has 1 fully saturated rings. The van der Waals surface area contributed by atoms with Crippen molar-refractivity contribution in [3.05, 3.63) is 17.6 Å². The molecule has 0 atom stereocenters. The summed E-state index contributed by atoms with van der Waals surface area (Å²) >= 11 is 0. The van der Waals surface area contributed by atoms with E-state index in [1.54, 1.807) is 6.20 Å². The van der Waals surface area contributed by atoms with Crippen LogP contribution in [0.5, 0.6) is 0 Å². The average molecular weight is 241 g/mol. The van der Waals surface area contributed by atoms with Crippen LogP contribution >= 0.6 is 0 Å². The highest BCUT2D eigenvalue weighted by Crippen LogP contribution is 2.27. The van der Waals surface area contributed by atoms with Crippen molar-refractivity contribution in [3.8, 4) is 0 Å². The van der Waals surface area contributed by atoms with Crippen LogP contribution < -0.4 is 4.90 Å². The number of piperidine rings is 1. The fourth-order valence-electron chi connectivity index (χ4n) is 2.19. The van der Waals surface area contributed by atoms with Crippen molar-refractivity contribution in [3.63, 3.8) is 0 Å². The van der Waals surface area contributed by atoms with Crippen molar-refractivity contribution >= 4 is 5.82 Å². The van der Waals surface area contributed by atoms with E-state index in [1.165, 1.54) is 0 Å². The van der Waals surface area contributed by atoms with E-state index in [1.807, 2.05) is 13.8 Å². The van der Waals surface area contributed by atoms with E-state index in [4.69, 9.17) is 0 Å². The number of rotatable bonds is 2. The summed E-state index contributed by atoms with van der Waals surface area (Å²) in [6.07, 6.45) is 0.603. The molecule has 0 amide bonds. The minimum Gasteiger partial charge on any atom is -0.355 e. The zero-order chi connectivity index (χ0) is 12.4. The van der Waals surface area contributed by atoms with Crippen LogP contribution in [-0.2, 0) is 0 Å². The van der Waals surface area contributed by atoms with Crippen LogP contribution in [0.25, 0.3) is 0 Å². The van der Waals surface area contributed by atoms with E-state index < -0.39 is 12.3 Å². The molecule has 0 spiro atoms. The van der Waals surface area contributed by atoms with Crippen molar-refractivity contribution in [2.24, 2.45) is 5.92 Å². The zero-order valence-corrected chi connectivity index (χ0v) is 10.2. The molecule has 1 aliphatic heterocycles. The quantitative estimate of drug-likeness (QED) is 0.797. The summed E-state index contributed by atoms with van der Waals surface area (Å²) in [6.45, 7) is 5.09. The largest absolute Gasteiger partial charge is 0.355 e. The minimum atomic E-state index is -2.19. The molecule has 0 saturated carbocycles. The van der Waals surface area contributed by atoms with Crippen LogP contribution in [0.15, 0.2) is 6.20 Å². The molecule has 17 heavy (non-hydrogen) atoms. The van der Waals surface area contributed by atoms with Crippen molar-refractivity contribution in [2.75, 3.05) is 18.0 Å². The molecule has 1 aromatic heterocycles. The van der Waals surface area contributed by atoms with Crippen molar-refractivity contribution in [2.45, 2.75) is 33.1 Å². The topological polar surface area (TPSA) is 29.0 Å². The van der Waals surface area contributed by atoms with Gasteiger partial charge in [0, 0.05) is 25.2 Å². The Morgan fingerprint density at radius 2 is 1.94 bits per heavy atom. The first kappa shape index (κ1) is 12.2. The number of aryl methyl sites for hydroxylation is 2. The molecule has 5 heteroatoms. The van der Waals surface area contributed by atoms with Crippen LogP contribution in [0.4, 0.5) is 14.6 Å². The summed E-state index contributed by atoms with van der Waals surface area (Å²) < 4.78 is 25.1. The van der Waals surface area contributed by atoms with E-state index in [0.717, 1.165) is 17.2 Å². The third-order valence-corrected chi connectivity index (χ3v) is 3.25. The van der Waals surface area contributed by atoms with Gasteiger partial charge in [0.05, 0.1) is 11.4 Å². The Bertz CT molecular complexity index is 387. The number of halogens is 2. The fraction of sp³-hybridized carbons (Fsp3) is 0.667. The van der Waals surface area contributed by atoms with Gasteiger partial charge < -0.3 is 4.90 Å². The first-order chi connectivity index (χ1) is 8.08. The predicted octanol–water partition coefficient (Wildman–Crippen LogP) is 2.57. The second kappa shape index (κ2) is 4.94. The number of nitrogens with zero attached hydrogens (tertiary/aromatic N) is 3. The third kappa shape index (κ3) is 2.70. The zero-order valence-electron chi connectivity index (χ0n) is 10.2. The SMILES string of the molecule is Cc1cnc(C)c(N2CCC(C(F)F)CC2)n1. The molecule has 0 bridgehead atoms. The predicted molar refractivity (Wildman–Crippen MR) is 62.4 cm³/mol. The molecule has 3 nitrogen and oxygen atoms in total. The van der Waals surface area contributed by atoms with Crippen LogP contribution in [0.1, 0.15) is 24.2 Å². The van der Waals surface area contributed by atoms with Gasteiger partial charge in [-0.05, 0) is 26.7 Å². The Hall–Kier alpha value is -1.26. The van der Waals surface area contributed by atoms with Crippen LogP contribution in [0.3, 0.4) is 0 Å². The van der Waals surface area contributed by atoms with Gasteiger partial charge in [0.2, 0.25) is 6.43 Å². The molecule has 0 radical (unpaired) electrons. The Kier molecular flexibility index (Phi) is 3.54. The van der Waals surface area contributed by atoms with E-state index >= 15 is 0 Å². The molecule has 94 valence electrons. The summed E-state index contributed by atoms with van der Waals surface area (Å²) in [5.41, 5.74) is 1.73. The maximum Gasteiger partial charge on any atom is 0.241 e. The molecule has 1 saturated heterocycles. The van der Waals surface area contributed by atoms with Gasteiger partial charge in [-0.1, -0.05) is 0 Å². The van der Waals surface area contributed by atoms with Gasteiger partial charge in [0.1, 0.15) is 5.82 Å². The van der Waals surface area contributed by atoms with Gasteiger partial charge in [-0.3, -0.25) is 4.98 Å². The Labute approximate surface area is 99.9 Å². The van der Waals surface area contributed by atoms with E-state index in [-0.39, 0.29) is 0 Å². The normalized spacial score (nSPS) is 17.8. The number of alkyl halides is 2. The lowest BCUT2D eigenvalue weighted by atomic mass is 9.97. The summed E-state index contributed by atoms with van der Waals surface area (Å²) in [4.78, 5) is 10.8. The lowest BCUT2D eigenvalue weighted by Gasteiger charge is -2.33. The third-order valence-electron chi connectivity index (χ3n) is 3.25. The first-order valence-electron chi connectivity index (χ1n) is 5.91. The van der Waals surface area contributed by atoms with Crippen LogP contribution in [0, 0.1) is 19.8 Å². The van der Waals surface area contributed by atoms with Crippen LogP contribution in [-0.4, -0.2) is 29.5 Å². The molecule has 0 unspecified atom stereocenters. The summed E-state index contributed by atoms with van der Waals surface area (Å²) in [5, 5.41) is 0. The van der Waals surface area contributed by atoms with E-state index in [0.29, 0.717) is 25.9 Å². The van der Waals surface area contributed by atoms with E-state index in [9.17, 15) is 8.78 Å². The monoisotopic (exact) mass is 241 g/mol. The first-order valence-corrected chi connectivity index (χ1v) is 5.91. The lowest BCUT2D eigenvalue weighted by molar-refractivity contribution is 0.0635. The highest BCUT2D eigenvalue weighted by atomic mass is 19.3. The maximum absolute atomic E-state index is 12.5. The van der Waals surface area contributed by atoms with Crippen LogP contribution in [0.2, 0.25) is 0 Å². The molecule has 0 N–H and O–H groups in total. The van der Waals surface area contributed by atoms with Gasteiger partial charge in [0.15, 0.2) is 0 Å². The summed E-state index contributed by atoms with van der Waals surface area (Å²) in [7, 11) is 0. The Morgan fingerprint density at radius 3 is 2.53 bits per heavy atom. The maximum atomic E-state index is 12.5. The van der Waals surface area contributed by atoms with Gasteiger partial charge >= 0.3 is 0 Å². The Balaban J connectivity index is 2.07. The number of hydrogen-bond acceptors (Lipinski definition) is 3. The van der Waals surface area contributed by atoms with E-state index in [2.05, 4.69) is 14.9 Å².